The van der Waals surface area contributed by atoms with Gasteiger partial charge in [-0.1, -0.05) is 0 Å². The average molecular weight is 239 g/mol. The normalized spacial score (nSPS) is 24.1. The minimum Gasteiger partial charge on any atom is -0.478 e. The van der Waals surface area contributed by atoms with E-state index in [1.54, 1.807) is 0 Å². The molecule has 0 spiro atoms. The van der Waals surface area contributed by atoms with Gasteiger partial charge in [-0.05, 0) is 25.8 Å². The summed E-state index contributed by atoms with van der Waals surface area (Å²) in [7, 11) is 0. The number of carbonyl (C=O) groups is 1. The molecule has 0 bridgehead atoms. The topological polar surface area (TPSA) is 71.7 Å². The number of carboxylic acid groups (broad SMARTS) is 1. The van der Waals surface area contributed by atoms with Gasteiger partial charge >= 0.3 is 5.97 Å². The molecule has 2 heterocycles. The second-order valence-corrected chi connectivity index (χ2v) is 4.61. The van der Waals surface area contributed by atoms with Crippen LogP contribution in [0.1, 0.15) is 35.9 Å². The summed E-state index contributed by atoms with van der Waals surface area (Å²) in [5.41, 5.74) is 0.0903. The van der Waals surface area contributed by atoms with E-state index in [1.807, 2.05) is 0 Å². The van der Waals surface area contributed by atoms with Crippen LogP contribution in [0.3, 0.4) is 0 Å². The summed E-state index contributed by atoms with van der Waals surface area (Å²) in [5, 5.41) is 12.0. The van der Waals surface area contributed by atoms with Crippen LogP contribution in [0.5, 0.6) is 0 Å². The van der Waals surface area contributed by atoms with Gasteiger partial charge in [-0.15, -0.1) is 0 Å². The molecule has 2 N–H and O–H groups in total. The maximum Gasteiger partial charge on any atom is 0.338 e. The monoisotopic (exact) mass is 239 g/mol. The van der Waals surface area contributed by atoms with Crippen LogP contribution >= 0.6 is 0 Å². The van der Waals surface area contributed by atoms with Crippen LogP contribution in [0.2, 0.25) is 0 Å². The van der Waals surface area contributed by atoms with Gasteiger partial charge in [0.2, 0.25) is 0 Å². The van der Waals surface area contributed by atoms with Gasteiger partial charge in [-0.25, -0.2) is 4.79 Å². The molecule has 17 heavy (non-hydrogen) atoms. The standard InChI is InChI=1S/C12H17NO4/c1-12(3-2-4-17-12)8-13-6-10-5-9(7-16-10)11(14)15/h5,7,13H,2-4,6,8H2,1H3,(H,14,15). The highest BCUT2D eigenvalue weighted by atomic mass is 16.5. The molecule has 0 aliphatic carbocycles. The van der Waals surface area contributed by atoms with Gasteiger partial charge in [0.05, 0.1) is 17.7 Å². The molecule has 1 aromatic rings. The summed E-state index contributed by atoms with van der Waals surface area (Å²) in [5.74, 6) is -0.338. The molecule has 1 fully saturated rings. The van der Waals surface area contributed by atoms with Crippen molar-refractivity contribution in [1.82, 2.24) is 5.32 Å². The van der Waals surface area contributed by atoms with Gasteiger partial charge in [0.25, 0.3) is 0 Å². The Labute approximate surface area is 99.8 Å². The molecule has 0 aromatic carbocycles. The Morgan fingerprint density at radius 3 is 3.06 bits per heavy atom. The fraction of sp³-hybridized carbons (Fsp3) is 0.583. The van der Waals surface area contributed by atoms with Crippen molar-refractivity contribution in [1.29, 1.82) is 0 Å². The molecule has 0 amide bonds. The summed E-state index contributed by atoms with van der Waals surface area (Å²) in [6.45, 7) is 4.17. The molecule has 2 rings (SSSR count). The van der Waals surface area contributed by atoms with E-state index in [2.05, 4.69) is 12.2 Å². The summed E-state index contributed by atoms with van der Waals surface area (Å²) in [6.07, 6.45) is 3.41. The molecule has 5 nitrogen and oxygen atoms in total. The van der Waals surface area contributed by atoms with Crippen LogP contribution in [0.4, 0.5) is 0 Å². The van der Waals surface area contributed by atoms with E-state index in [0.29, 0.717) is 12.3 Å². The Morgan fingerprint density at radius 1 is 1.65 bits per heavy atom. The zero-order valence-corrected chi connectivity index (χ0v) is 9.86. The van der Waals surface area contributed by atoms with Crippen molar-refractivity contribution >= 4 is 5.97 Å². The van der Waals surface area contributed by atoms with Crippen LogP contribution in [0, 0.1) is 0 Å². The lowest BCUT2D eigenvalue weighted by Gasteiger charge is -2.23. The van der Waals surface area contributed by atoms with Gasteiger partial charge in [0.15, 0.2) is 0 Å². The van der Waals surface area contributed by atoms with Gasteiger partial charge in [0, 0.05) is 13.2 Å². The molecular formula is C12H17NO4. The van der Waals surface area contributed by atoms with Gasteiger partial charge in [-0.2, -0.15) is 0 Å². The van der Waals surface area contributed by atoms with Crippen LogP contribution in [0.15, 0.2) is 16.7 Å². The summed E-state index contributed by atoms with van der Waals surface area (Å²) in [4.78, 5) is 10.6. The Kier molecular flexibility index (Phi) is 3.49. The van der Waals surface area contributed by atoms with Crippen LogP contribution in [-0.4, -0.2) is 29.8 Å². The molecule has 1 unspecified atom stereocenters. The molecule has 1 atom stereocenters. The van der Waals surface area contributed by atoms with Crippen molar-refractivity contribution < 1.29 is 19.1 Å². The van der Waals surface area contributed by atoms with Crippen molar-refractivity contribution in [3.63, 3.8) is 0 Å². The third-order valence-electron chi connectivity index (χ3n) is 3.00. The average Bonchev–Trinajstić information content (AvgIpc) is 2.88. The second kappa shape index (κ2) is 4.89. The fourth-order valence-corrected chi connectivity index (χ4v) is 2.01. The lowest BCUT2D eigenvalue weighted by atomic mass is 10.0. The number of rotatable bonds is 5. The predicted octanol–water partition coefficient (Wildman–Crippen LogP) is 1.64. The van der Waals surface area contributed by atoms with Gasteiger partial charge in [0.1, 0.15) is 12.0 Å². The number of carboxylic acids is 1. The largest absolute Gasteiger partial charge is 0.478 e. The number of hydrogen-bond acceptors (Lipinski definition) is 4. The van der Waals surface area contributed by atoms with E-state index >= 15 is 0 Å². The molecule has 94 valence electrons. The third kappa shape index (κ3) is 3.08. The number of aromatic carboxylic acids is 1. The Balaban J connectivity index is 1.79. The number of ether oxygens (including phenoxy) is 1. The Bertz CT molecular complexity index is 393. The van der Waals surface area contributed by atoms with Crippen molar-refractivity contribution in [3.8, 4) is 0 Å². The molecule has 1 aromatic heterocycles. The van der Waals surface area contributed by atoms with Crippen LogP contribution < -0.4 is 5.32 Å². The van der Waals surface area contributed by atoms with Crippen molar-refractivity contribution in [2.75, 3.05) is 13.2 Å². The molecular weight excluding hydrogens is 222 g/mol. The van der Waals surface area contributed by atoms with Gasteiger partial charge in [-0.3, -0.25) is 0 Å². The first-order chi connectivity index (χ1) is 8.09. The van der Waals surface area contributed by atoms with Crippen LogP contribution in [0.25, 0.3) is 0 Å². The molecule has 1 aliphatic heterocycles. The van der Waals surface area contributed by atoms with E-state index in [-0.39, 0.29) is 11.2 Å². The van der Waals surface area contributed by atoms with Crippen molar-refractivity contribution in [3.05, 3.63) is 23.7 Å². The highest BCUT2D eigenvalue weighted by Crippen LogP contribution is 2.24. The van der Waals surface area contributed by atoms with E-state index in [1.165, 1.54) is 12.3 Å². The summed E-state index contributed by atoms with van der Waals surface area (Å²) < 4.78 is 10.8. The maximum atomic E-state index is 10.6. The maximum absolute atomic E-state index is 10.6. The summed E-state index contributed by atoms with van der Waals surface area (Å²) in [6, 6.07) is 1.53. The molecule has 0 radical (unpaired) electrons. The van der Waals surface area contributed by atoms with Crippen molar-refractivity contribution in [2.24, 2.45) is 0 Å². The molecule has 0 saturated carbocycles. The van der Waals surface area contributed by atoms with Crippen LogP contribution in [-0.2, 0) is 11.3 Å². The molecule has 1 aliphatic rings. The molecule has 5 heteroatoms. The van der Waals surface area contributed by atoms with E-state index in [9.17, 15) is 4.79 Å². The lowest BCUT2D eigenvalue weighted by molar-refractivity contribution is 0.0204. The number of furan rings is 1. The summed E-state index contributed by atoms with van der Waals surface area (Å²) >= 11 is 0. The Morgan fingerprint density at radius 2 is 2.47 bits per heavy atom. The van der Waals surface area contributed by atoms with Crippen molar-refractivity contribution in [2.45, 2.75) is 31.9 Å². The Hall–Kier alpha value is -1.33. The highest BCUT2D eigenvalue weighted by molar-refractivity contribution is 5.87. The number of hydrogen-bond donors (Lipinski definition) is 2. The van der Waals surface area contributed by atoms with E-state index < -0.39 is 5.97 Å². The van der Waals surface area contributed by atoms with E-state index in [0.717, 1.165) is 26.0 Å². The zero-order valence-electron chi connectivity index (χ0n) is 9.86. The third-order valence-corrected chi connectivity index (χ3v) is 3.00. The SMILES string of the molecule is CC1(CNCc2cc(C(=O)O)co2)CCCO1. The smallest absolute Gasteiger partial charge is 0.338 e. The van der Waals surface area contributed by atoms with Gasteiger partial charge < -0.3 is 19.6 Å². The van der Waals surface area contributed by atoms with E-state index in [4.69, 9.17) is 14.3 Å². The lowest BCUT2D eigenvalue weighted by Crippen LogP contribution is -2.36. The number of nitrogens with one attached hydrogen (secondary N) is 1. The minimum atomic E-state index is -0.967. The minimum absolute atomic E-state index is 0.0950. The first-order valence-electron chi connectivity index (χ1n) is 5.74. The quantitative estimate of drug-likeness (QED) is 0.817. The predicted molar refractivity (Wildman–Crippen MR) is 61.0 cm³/mol. The molecule has 1 saturated heterocycles. The second-order valence-electron chi connectivity index (χ2n) is 4.61. The zero-order chi connectivity index (χ0) is 12.3. The fourth-order valence-electron chi connectivity index (χ4n) is 2.01. The first kappa shape index (κ1) is 12.1. The highest BCUT2D eigenvalue weighted by Gasteiger charge is 2.29. The first-order valence-corrected chi connectivity index (χ1v) is 5.74.